The topological polar surface area (TPSA) is 81.7 Å². The third kappa shape index (κ3) is 4.37. The van der Waals surface area contributed by atoms with Crippen LogP contribution in [0.15, 0.2) is 0 Å². The molecule has 6 heteroatoms. The Hall–Kier alpha value is -1.30. The van der Waals surface area contributed by atoms with Crippen LogP contribution in [0.3, 0.4) is 0 Å². The first-order valence-corrected chi connectivity index (χ1v) is 7.48. The van der Waals surface area contributed by atoms with Crippen molar-refractivity contribution in [3.63, 3.8) is 0 Å². The Balaban J connectivity index is 2.46. The Morgan fingerprint density at radius 2 is 1.80 bits per heavy atom. The van der Waals surface area contributed by atoms with Gasteiger partial charge in [-0.2, -0.15) is 0 Å². The van der Waals surface area contributed by atoms with Crippen molar-refractivity contribution in [1.82, 2.24) is 15.5 Å². The molecule has 116 valence electrons. The summed E-state index contributed by atoms with van der Waals surface area (Å²) in [4.78, 5) is 25.6. The van der Waals surface area contributed by atoms with Crippen molar-refractivity contribution in [2.45, 2.75) is 58.0 Å². The van der Waals surface area contributed by atoms with Crippen molar-refractivity contribution < 1.29 is 14.7 Å². The summed E-state index contributed by atoms with van der Waals surface area (Å²) in [6, 6.07) is -0.392. The minimum absolute atomic E-state index is 0.00769. The van der Waals surface area contributed by atoms with E-state index in [1.165, 1.54) is 12.8 Å². The zero-order valence-corrected chi connectivity index (χ0v) is 12.7. The molecule has 0 aromatic carbocycles. The van der Waals surface area contributed by atoms with Gasteiger partial charge in [-0.25, -0.2) is 9.59 Å². The minimum atomic E-state index is -1.17. The maximum Gasteiger partial charge on any atom is 0.329 e. The van der Waals surface area contributed by atoms with Crippen LogP contribution in [0.2, 0.25) is 0 Å². The second-order valence-corrected chi connectivity index (χ2v) is 5.60. The molecule has 1 rings (SSSR count). The highest BCUT2D eigenvalue weighted by Gasteiger charge is 2.36. The second-order valence-electron chi connectivity index (χ2n) is 5.60. The van der Waals surface area contributed by atoms with E-state index in [4.69, 9.17) is 0 Å². The SMILES string of the molecule is CCC(CC)(NC(=O)NC(C)CN1CCCC1)C(=O)O. The van der Waals surface area contributed by atoms with Crippen LogP contribution in [0.25, 0.3) is 0 Å². The minimum Gasteiger partial charge on any atom is -0.480 e. The van der Waals surface area contributed by atoms with E-state index >= 15 is 0 Å². The Bertz CT molecular complexity index is 337. The van der Waals surface area contributed by atoms with Crippen LogP contribution in [0.4, 0.5) is 4.79 Å². The molecule has 1 heterocycles. The highest BCUT2D eigenvalue weighted by molar-refractivity contribution is 5.86. The van der Waals surface area contributed by atoms with Crippen LogP contribution in [0.1, 0.15) is 46.5 Å². The lowest BCUT2D eigenvalue weighted by atomic mass is 9.93. The summed E-state index contributed by atoms with van der Waals surface area (Å²) in [5.41, 5.74) is -1.17. The highest BCUT2D eigenvalue weighted by Crippen LogP contribution is 2.15. The number of aliphatic carboxylic acids is 1. The fourth-order valence-corrected chi connectivity index (χ4v) is 2.66. The molecule has 3 N–H and O–H groups in total. The molecule has 2 amide bonds. The van der Waals surface area contributed by atoms with Gasteiger partial charge < -0.3 is 20.6 Å². The Labute approximate surface area is 120 Å². The number of urea groups is 1. The lowest BCUT2D eigenvalue weighted by Crippen LogP contribution is -2.58. The first kappa shape index (κ1) is 16.8. The summed E-state index contributed by atoms with van der Waals surface area (Å²) in [5.74, 6) is -0.982. The molecule has 20 heavy (non-hydrogen) atoms. The van der Waals surface area contributed by atoms with E-state index in [-0.39, 0.29) is 6.04 Å². The number of nitrogens with zero attached hydrogens (tertiary/aromatic N) is 1. The van der Waals surface area contributed by atoms with Crippen molar-refractivity contribution in [3.8, 4) is 0 Å². The highest BCUT2D eigenvalue weighted by atomic mass is 16.4. The largest absolute Gasteiger partial charge is 0.480 e. The number of carboxylic acid groups (broad SMARTS) is 1. The van der Waals surface area contributed by atoms with Crippen LogP contribution < -0.4 is 10.6 Å². The molecule has 1 aliphatic heterocycles. The average molecular weight is 285 g/mol. The summed E-state index contributed by atoms with van der Waals surface area (Å²) in [6.07, 6.45) is 3.17. The van der Waals surface area contributed by atoms with Crippen LogP contribution in [-0.4, -0.2) is 53.2 Å². The molecule has 1 unspecified atom stereocenters. The number of amides is 2. The zero-order chi connectivity index (χ0) is 15.2. The molecular weight excluding hydrogens is 258 g/mol. The normalized spacial score (nSPS) is 17.8. The summed E-state index contributed by atoms with van der Waals surface area (Å²) in [7, 11) is 0. The standard InChI is InChI=1S/C14H27N3O3/c1-4-14(5-2,12(18)19)16-13(20)15-11(3)10-17-8-6-7-9-17/h11H,4-10H2,1-3H3,(H,18,19)(H2,15,16,20). The number of carboxylic acids is 1. The maximum atomic E-state index is 12.0. The first-order chi connectivity index (χ1) is 9.43. The van der Waals surface area contributed by atoms with Gasteiger partial charge in [0.25, 0.3) is 0 Å². The van der Waals surface area contributed by atoms with Gasteiger partial charge in [-0.05, 0) is 45.7 Å². The molecule has 0 aromatic heterocycles. The number of nitrogens with one attached hydrogen (secondary N) is 2. The summed E-state index contributed by atoms with van der Waals surface area (Å²) in [6.45, 7) is 8.45. The van der Waals surface area contributed by atoms with Crippen LogP contribution in [0.5, 0.6) is 0 Å². The Morgan fingerprint density at radius 1 is 1.25 bits per heavy atom. The van der Waals surface area contributed by atoms with Gasteiger partial charge in [0.1, 0.15) is 5.54 Å². The van der Waals surface area contributed by atoms with E-state index < -0.39 is 17.5 Å². The van der Waals surface area contributed by atoms with E-state index in [1.807, 2.05) is 6.92 Å². The summed E-state index contributed by atoms with van der Waals surface area (Å²) >= 11 is 0. The molecule has 0 aromatic rings. The van der Waals surface area contributed by atoms with Crippen molar-refractivity contribution in [3.05, 3.63) is 0 Å². The van der Waals surface area contributed by atoms with E-state index in [0.29, 0.717) is 12.8 Å². The molecule has 0 radical (unpaired) electrons. The van der Waals surface area contributed by atoms with Crippen LogP contribution in [-0.2, 0) is 4.79 Å². The number of carbonyl (C=O) groups excluding carboxylic acids is 1. The van der Waals surface area contributed by atoms with Gasteiger partial charge in [0.2, 0.25) is 0 Å². The van der Waals surface area contributed by atoms with E-state index in [1.54, 1.807) is 13.8 Å². The third-order valence-electron chi connectivity index (χ3n) is 4.08. The van der Waals surface area contributed by atoms with E-state index in [0.717, 1.165) is 19.6 Å². The fourth-order valence-electron chi connectivity index (χ4n) is 2.66. The molecule has 1 aliphatic rings. The van der Waals surface area contributed by atoms with Crippen molar-refractivity contribution in [2.75, 3.05) is 19.6 Å². The van der Waals surface area contributed by atoms with Gasteiger partial charge in [0, 0.05) is 12.6 Å². The van der Waals surface area contributed by atoms with Gasteiger partial charge in [-0.1, -0.05) is 13.8 Å². The number of hydrogen-bond acceptors (Lipinski definition) is 3. The summed E-state index contributed by atoms with van der Waals surface area (Å²) < 4.78 is 0. The Morgan fingerprint density at radius 3 is 2.25 bits per heavy atom. The quantitative estimate of drug-likeness (QED) is 0.660. The summed E-state index contributed by atoms with van der Waals surface area (Å²) in [5, 5.41) is 14.7. The average Bonchev–Trinajstić information content (AvgIpc) is 2.88. The Kier molecular flexibility index (Phi) is 6.26. The second kappa shape index (κ2) is 7.47. The molecular formula is C14H27N3O3. The molecule has 1 fully saturated rings. The number of rotatable bonds is 7. The predicted molar refractivity (Wildman–Crippen MR) is 77.8 cm³/mol. The van der Waals surface area contributed by atoms with E-state index in [2.05, 4.69) is 15.5 Å². The fraction of sp³-hybridized carbons (Fsp3) is 0.857. The third-order valence-corrected chi connectivity index (χ3v) is 4.08. The molecule has 1 saturated heterocycles. The monoisotopic (exact) mass is 285 g/mol. The number of carbonyl (C=O) groups is 2. The first-order valence-electron chi connectivity index (χ1n) is 7.48. The van der Waals surface area contributed by atoms with Crippen molar-refractivity contribution >= 4 is 12.0 Å². The van der Waals surface area contributed by atoms with Gasteiger partial charge >= 0.3 is 12.0 Å². The predicted octanol–water partition coefficient (Wildman–Crippen LogP) is 1.41. The van der Waals surface area contributed by atoms with Gasteiger partial charge in [0.05, 0.1) is 0 Å². The number of likely N-dealkylation sites (tertiary alicyclic amines) is 1. The van der Waals surface area contributed by atoms with E-state index in [9.17, 15) is 14.7 Å². The molecule has 0 saturated carbocycles. The lowest BCUT2D eigenvalue weighted by Gasteiger charge is -2.29. The molecule has 6 nitrogen and oxygen atoms in total. The van der Waals surface area contributed by atoms with Crippen molar-refractivity contribution in [1.29, 1.82) is 0 Å². The van der Waals surface area contributed by atoms with Crippen LogP contribution >= 0.6 is 0 Å². The molecule has 0 bridgehead atoms. The number of hydrogen-bond donors (Lipinski definition) is 3. The van der Waals surface area contributed by atoms with Crippen LogP contribution in [0, 0.1) is 0 Å². The zero-order valence-electron chi connectivity index (χ0n) is 12.7. The molecule has 1 atom stereocenters. The maximum absolute atomic E-state index is 12.0. The van der Waals surface area contributed by atoms with Gasteiger partial charge in [0.15, 0.2) is 0 Å². The van der Waals surface area contributed by atoms with Gasteiger partial charge in [-0.3, -0.25) is 0 Å². The lowest BCUT2D eigenvalue weighted by molar-refractivity contribution is -0.144. The smallest absolute Gasteiger partial charge is 0.329 e. The van der Waals surface area contributed by atoms with Gasteiger partial charge in [-0.15, -0.1) is 0 Å². The molecule has 0 aliphatic carbocycles. The molecule has 0 spiro atoms. The van der Waals surface area contributed by atoms with Crippen molar-refractivity contribution in [2.24, 2.45) is 0 Å².